The van der Waals surface area contributed by atoms with Crippen LogP contribution in [-0.2, 0) is 19.1 Å². The van der Waals surface area contributed by atoms with Crippen molar-refractivity contribution in [3.8, 4) is 0 Å². The molecule has 0 radical (unpaired) electrons. The van der Waals surface area contributed by atoms with Crippen molar-refractivity contribution in [3.63, 3.8) is 0 Å². The van der Waals surface area contributed by atoms with E-state index in [1.165, 1.54) is 0 Å². The molecule has 0 amide bonds. The van der Waals surface area contributed by atoms with E-state index in [9.17, 15) is 9.59 Å². The van der Waals surface area contributed by atoms with Crippen molar-refractivity contribution in [1.29, 1.82) is 0 Å². The van der Waals surface area contributed by atoms with E-state index in [2.05, 4.69) is 9.47 Å². The van der Waals surface area contributed by atoms with Gasteiger partial charge >= 0.3 is 11.9 Å². The van der Waals surface area contributed by atoms with Gasteiger partial charge in [-0.15, -0.1) is 0 Å². The number of carbonyl (C=O) groups is 2. The first-order valence-corrected chi connectivity index (χ1v) is 4.42. The summed E-state index contributed by atoms with van der Waals surface area (Å²) in [7, 11) is 0. The fourth-order valence-electron chi connectivity index (χ4n) is 0.694. The van der Waals surface area contributed by atoms with Crippen molar-refractivity contribution < 1.29 is 19.1 Å². The van der Waals surface area contributed by atoms with Gasteiger partial charge in [-0.05, 0) is 0 Å². The number of esters is 2. The van der Waals surface area contributed by atoms with E-state index in [-0.39, 0.29) is 39.1 Å². The number of hydrogen-bond donors (Lipinski definition) is 2. The minimum absolute atomic E-state index is 0.0173. The topological polar surface area (TPSA) is 105 Å². The van der Waals surface area contributed by atoms with E-state index in [0.717, 1.165) is 0 Å². The lowest BCUT2D eigenvalue weighted by molar-refractivity contribution is -0.150. The third-order valence-corrected chi connectivity index (χ3v) is 1.30. The first kappa shape index (κ1) is 12.9. The summed E-state index contributed by atoms with van der Waals surface area (Å²) in [4.78, 5) is 21.7. The zero-order valence-electron chi connectivity index (χ0n) is 8.03. The summed E-state index contributed by atoms with van der Waals surface area (Å²) in [6, 6.07) is 0. The normalized spacial score (nSPS) is 9.57. The third-order valence-electron chi connectivity index (χ3n) is 1.30. The van der Waals surface area contributed by atoms with Crippen LogP contribution in [0.1, 0.15) is 12.8 Å². The SMILES string of the molecule is NCCOC(=O)CCC(=O)OCCN. The molecule has 4 N–H and O–H groups in total. The van der Waals surface area contributed by atoms with Crippen LogP contribution in [0.3, 0.4) is 0 Å². The second-order valence-electron chi connectivity index (χ2n) is 2.52. The Labute approximate surface area is 82.5 Å². The lowest BCUT2D eigenvalue weighted by Gasteiger charge is -2.03. The maximum atomic E-state index is 10.9. The van der Waals surface area contributed by atoms with Crippen molar-refractivity contribution in [2.24, 2.45) is 11.5 Å². The largest absolute Gasteiger partial charge is 0.464 e. The molecule has 0 atom stereocenters. The van der Waals surface area contributed by atoms with E-state index in [0.29, 0.717) is 0 Å². The fraction of sp³-hybridized carbons (Fsp3) is 0.750. The zero-order chi connectivity index (χ0) is 10.8. The highest BCUT2D eigenvalue weighted by atomic mass is 16.5. The summed E-state index contributed by atoms with van der Waals surface area (Å²) < 4.78 is 9.30. The van der Waals surface area contributed by atoms with Crippen LogP contribution in [0.5, 0.6) is 0 Å². The third kappa shape index (κ3) is 7.51. The van der Waals surface area contributed by atoms with Gasteiger partial charge in [-0.25, -0.2) is 0 Å². The maximum absolute atomic E-state index is 10.9. The van der Waals surface area contributed by atoms with Gasteiger partial charge in [0.2, 0.25) is 0 Å². The summed E-state index contributed by atoms with van der Waals surface area (Å²) in [5.41, 5.74) is 10.2. The molecule has 0 aromatic heterocycles. The monoisotopic (exact) mass is 204 g/mol. The molecule has 0 aromatic rings. The Morgan fingerprint density at radius 2 is 1.21 bits per heavy atom. The Hall–Kier alpha value is -1.14. The standard InChI is InChI=1S/C8H16N2O4/c9-3-5-13-7(11)1-2-8(12)14-6-4-10/h1-6,9-10H2. The van der Waals surface area contributed by atoms with Gasteiger partial charge in [0.1, 0.15) is 13.2 Å². The van der Waals surface area contributed by atoms with E-state index in [1.807, 2.05) is 0 Å². The van der Waals surface area contributed by atoms with Crippen LogP contribution in [0.4, 0.5) is 0 Å². The average molecular weight is 204 g/mol. The first-order valence-electron chi connectivity index (χ1n) is 4.42. The van der Waals surface area contributed by atoms with Gasteiger partial charge in [0.25, 0.3) is 0 Å². The quantitative estimate of drug-likeness (QED) is 0.503. The molecule has 0 aliphatic carbocycles. The van der Waals surface area contributed by atoms with Crippen LogP contribution in [0.2, 0.25) is 0 Å². The highest BCUT2D eigenvalue weighted by Gasteiger charge is 2.07. The molecule has 0 bridgehead atoms. The van der Waals surface area contributed by atoms with Crippen molar-refractivity contribution in [2.45, 2.75) is 12.8 Å². The number of ether oxygens (including phenoxy) is 2. The lowest BCUT2D eigenvalue weighted by atomic mass is 10.3. The lowest BCUT2D eigenvalue weighted by Crippen LogP contribution is -2.17. The second kappa shape index (κ2) is 8.46. The van der Waals surface area contributed by atoms with Crippen molar-refractivity contribution >= 4 is 11.9 Å². The minimum Gasteiger partial charge on any atom is -0.464 e. The molecule has 14 heavy (non-hydrogen) atoms. The van der Waals surface area contributed by atoms with E-state index in [4.69, 9.17) is 11.5 Å². The number of rotatable bonds is 7. The number of carbonyl (C=O) groups excluding carboxylic acids is 2. The molecule has 82 valence electrons. The molecule has 0 unspecified atom stereocenters. The smallest absolute Gasteiger partial charge is 0.306 e. The number of hydrogen-bond acceptors (Lipinski definition) is 6. The van der Waals surface area contributed by atoms with Gasteiger partial charge in [-0.2, -0.15) is 0 Å². The Balaban J connectivity index is 3.41. The van der Waals surface area contributed by atoms with Crippen LogP contribution in [0.25, 0.3) is 0 Å². The zero-order valence-corrected chi connectivity index (χ0v) is 8.03. The molecule has 0 rings (SSSR count). The highest BCUT2D eigenvalue weighted by Crippen LogP contribution is 1.95. The Kier molecular flexibility index (Phi) is 7.77. The molecule has 0 saturated heterocycles. The summed E-state index contributed by atoms with van der Waals surface area (Å²) in [6.07, 6.45) is 0.0345. The van der Waals surface area contributed by atoms with Crippen LogP contribution < -0.4 is 11.5 Å². The van der Waals surface area contributed by atoms with Gasteiger partial charge in [0, 0.05) is 13.1 Å². The molecule has 6 nitrogen and oxygen atoms in total. The summed E-state index contributed by atoms with van der Waals surface area (Å²) >= 11 is 0. The predicted molar refractivity (Wildman–Crippen MR) is 49.3 cm³/mol. The minimum atomic E-state index is -0.444. The predicted octanol–water partition coefficient (Wildman–Crippen LogP) is -1.23. The summed E-state index contributed by atoms with van der Waals surface area (Å²) in [5.74, 6) is -0.889. The Morgan fingerprint density at radius 3 is 1.50 bits per heavy atom. The molecule has 0 aliphatic heterocycles. The van der Waals surface area contributed by atoms with Gasteiger partial charge in [-0.1, -0.05) is 0 Å². The van der Waals surface area contributed by atoms with E-state index < -0.39 is 11.9 Å². The molecule has 6 heteroatoms. The van der Waals surface area contributed by atoms with Gasteiger partial charge in [-0.3, -0.25) is 9.59 Å². The van der Waals surface area contributed by atoms with Crippen LogP contribution >= 0.6 is 0 Å². The number of nitrogens with two attached hydrogens (primary N) is 2. The molecule has 0 saturated carbocycles. The molecule has 0 aromatic carbocycles. The average Bonchev–Trinajstić information content (AvgIpc) is 2.20. The Morgan fingerprint density at radius 1 is 0.857 bits per heavy atom. The highest BCUT2D eigenvalue weighted by molar-refractivity contribution is 5.77. The van der Waals surface area contributed by atoms with Crippen LogP contribution in [0, 0.1) is 0 Å². The fourth-order valence-corrected chi connectivity index (χ4v) is 0.694. The molecule has 0 spiro atoms. The van der Waals surface area contributed by atoms with Crippen molar-refractivity contribution in [2.75, 3.05) is 26.3 Å². The van der Waals surface area contributed by atoms with Gasteiger partial charge < -0.3 is 20.9 Å². The van der Waals surface area contributed by atoms with Crippen LogP contribution in [-0.4, -0.2) is 38.2 Å². The molecule has 0 heterocycles. The maximum Gasteiger partial charge on any atom is 0.306 e. The molecular formula is C8H16N2O4. The van der Waals surface area contributed by atoms with E-state index in [1.54, 1.807) is 0 Å². The first-order chi connectivity index (χ1) is 6.70. The van der Waals surface area contributed by atoms with Crippen molar-refractivity contribution in [3.05, 3.63) is 0 Å². The summed E-state index contributed by atoms with van der Waals surface area (Å²) in [6.45, 7) is 0.917. The Bertz CT molecular complexity index is 164. The van der Waals surface area contributed by atoms with Crippen molar-refractivity contribution in [1.82, 2.24) is 0 Å². The molecular weight excluding hydrogens is 188 g/mol. The van der Waals surface area contributed by atoms with E-state index >= 15 is 0 Å². The molecule has 0 fully saturated rings. The second-order valence-corrected chi connectivity index (χ2v) is 2.52. The van der Waals surface area contributed by atoms with Gasteiger partial charge in [0.15, 0.2) is 0 Å². The van der Waals surface area contributed by atoms with Gasteiger partial charge in [0.05, 0.1) is 12.8 Å². The molecule has 0 aliphatic rings. The summed E-state index contributed by atoms with van der Waals surface area (Å²) in [5, 5.41) is 0. The van der Waals surface area contributed by atoms with Crippen LogP contribution in [0.15, 0.2) is 0 Å².